The zero-order chi connectivity index (χ0) is 15.5. The van der Waals surface area contributed by atoms with Crippen molar-refractivity contribution in [1.29, 1.82) is 0 Å². The van der Waals surface area contributed by atoms with Crippen LogP contribution in [0.15, 0.2) is 0 Å². The number of likely N-dealkylation sites (tertiary alicyclic amines) is 1. The van der Waals surface area contributed by atoms with E-state index in [0.717, 1.165) is 32.8 Å². The number of carbonyl (C=O) groups is 2. The van der Waals surface area contributed by atoms with Crippen molar-refractivity contribution in [2.24, 2.45) is 5.73 Å². The summed E-state index contributed by atoms with van der Waals surface area (Å²) in [4.78, 5) is 28.0. The minimum atomic E-state index is -0.912. The average molecular weight is 371 g/mol. The Balaban J connectivity index is 0.00000242. The Bertz CT molecular complexity index is 398. The minimum Gasteiger partial charge on any atom is -0.379 e. The topological polar surface area (TPSA) is 87.9 Å². The Morgan fingerprint density at radius 1 is 1.30 bits per heavy atom. The van der Waals surface area contributed by atoms with Crippen LogP contribution in [0.2, 0.25) is 0 Å². The molecule has 2 amide bonds. The molecule has 3 N–H and O–H groups in total. The summed E-state index contributed by atoms with van der Waals surface area (Å²) in [5.41, 5.74) is 4.84. The lowest BCUT2D eigenvalue weighted by atomic mass is 10.1. The quantitative estimate of drug-likeness (QED) is 0.688. The minimum absolute atomic E-state index is 0. The van der Waals surface area contributed by atoms with Crippen molar-refractivity contribution >= 4 is 36.6 Å². The molecule has 0 aromatic carbocycles. The number of hydrogen-bond acceptors (Lipinski definition) is 5. The summed E-state index contributed by atoms with van der Waals surface area (Å²) in [7, 11) is 0. The molecule has 0 bridgehead atoms. The fourth-order valence-electron chi connectivity index (χ4n) is 2.54. The Morgan fingerprint density at radius 3 is 2.48 bits per heavy atom. The van der Waals surface area contributed by atoms with Crippen molar-refractivity contribution in [2.75, 3.05) is 45.9 Å². The normalized spacial score (nSPS) is 22.3. The Labute approximate surface area is 150 Å². The van der Waals surface area contributed by atoms with Crippen molar-refractivity contribution in [3.05, 3.63) is 0 Å². The van der Waals surface area contributed by atoms with E-state index in [1.807, 2.05) is 4.90 Å². The van der Waals surface area contributed by atoms with E-state index in [4.69, 9.17) is 10.5 Å². The van der Waals surface area contributed by atoms with Crippen molar-refractivity contribution in [1.82, 2.24) is 15.1 Å². The third-order valence-electron chi connectivity index (χ3n) is 3.92. The molecule has 0 radical (unpaired) electrons. The molecular weight excluding hydrogens is 343 g/mol. The van der Waals surface area contributed by atoms with Gasteiger partial charge < -0.3 is 20.7 Å². The molecule has 2 saturated heterocycles. The number of nitrogens with two attached hydrogens (primary N) is 1. The number of nitrogens with one attached hydrogen (secondary N) is 1. The molecule has 0 aliphatic carbocycles. The predicted octanol–water partition coefficient (Wildman–Crippen LogP) is -0.383. The summed E-state index contributed by atoms with van der Waals surface area (Å²) in [6, 6.07) is -0.127. The highest BCUT2D eigenvalue weighted by molar-refractivity contribution is 5.87. The van der Waals surface area contributed by atoms with E-state index < -0.39 is 5.54 Å². The van der Waals surface area contributed by atoms with Crippen LogP contribution in [0.1, 0.15) is 20.3 Å². The van der Waals surface area contributed by atoms with E-state index >= 15 is 0 Å². The summed E-state index contributed by atoms with van der Waals surface area (Å²) in [5.74, 6) is -0.112. The molecule has 0 aromatic rings. The molecule has 136 valence electrons. The first-order valence-electron chi connectivity index (χ1n) is 7.54. The first-order chi connectivity index (χ1) is 9.86. The number of rotatable bonds is 5. The fourth-order valence-corrected chi connectivity index (χ4v) is 2.54. The average Bonchev–Trinajstić information content (AvgIpc) is 2.76. The Hall–Kier alpha value is -0.600. The van der Waals surface area contributed by atoms with E-state index in [1.165, 1.54) is 0 Å². The lowest BCUT2D eigenvalue weighted by Crippen LogP contribution is -2.52. The highest BCUT2D eigenvalue weighted by Gasteiger charge is 2.33. The van der Waals surface area contributed by atoms with Crippen molar-refractivity contribution < 1.29 is 14.3 Å². The number of carbonyl (C=O) groups excluding carboxylic acids is 2. The van der Waals surface area contributed by atoms with Gasteiger partial charge in [-0.25, -0.2) is 0 Å². The molecule has 2 heterocycles. The van der Waals surface area contributed by atoms with E-state index in [-0.39, 0.29) is 42.7 Å². The Kier molecular flexibility index (Phi) is 9.39. The molecule has 1 atom stereocenters. The molecule has 0 spiro atoms. The second kappa shape index (κ2) is 9.64. The molecule has 2 rings (SSSR count). The lowest BCUT2D eigenvalue weighted by molar-refractivity contribution is -0.128. The Morgan fingerprint density at radius 2 is 1.91 bits per heavy atom. The molecular formula is C14H28Cl2N4O3. The molecule has 0 saturated carbocycles. The van der Waals surface area contributed by atoms with Gasteiger partial charge in [0.15, 0.2) is 0 Å². The number of halogens is 2. The third-order valence-corrected chi connectivity index (χ3v) is 3.92. The van der Waals surface area contributed by atoms with Gasteiger partial charge in [-0.1, -0.05) is 0 Å². The maximum atomic E-state index is 12.0. The summed E-state index contributed by atoms with van der Waals surface area (Å²) < 4.78 is 5.30. The number of morpholine rings is 1. The number of hydrogen-bond donors (Lipinski definition) is 2. The first-order valence-corrected chi connectivity index (χ1v) is 7.54. The maximum Gasteiger partial charge on any atom is 0.239 e. The zero-order valence-electron chi connectivity index (χ0n) is 13.7. The van der Waals surface area contributed by atoms with E-state index in [0.29, 0.717) is 19.5 Å². The van der Waals surface area contributed by atoms with Crippen LogP contribution in [-0.4, -0.2) is 79.1 Å². The van der Waals surface area contributed by atoms with Crippen LogP contribution >= 0.6 is 24.8 Å². The molecule has 9 heteroatoms. The second-order valence-electron chi connectivity index (χ2n) is 6.39. The molecule has 7 nitrogen and oxygen atoms in total. The zero-order valence-corrected chi connectivity index (χ0v) is 15.4. The summed E-state index contributed by atoms with van der Waals surface area (Å²) in [6.07, 6.45) is 0.366. The van der Waals surface area contributed by atoms with Gasteiger partial charge in [0.25, 0.3) is 0 Å². The molecule has 2 aliphatic heterocycles. The SMILES string of the molecule is CC(C)(N)C(=O)NC1CC(=O)N(CCN2CCOCC2)C1.Cl.Cl. The first kappa shape index (κ1) is 22.4. The third kappa shape index (κ3) is 6.81. The van der Waals surface area contributed by atoms with E-state index in [9.17, 15) is 9.59 Å². The number of ether oxygens (including phenoxy) is 1. The van der Waals surface area contributed by atoms with Crippen LogP contribution in [0.25, 0.3) is 0 Å². The number of amides is 2. The van der Waals surface area contributed by atoms with Gasteiger partial charge in [-0.2, -0.15) is 0 Å². The van der Waals surface area contributed by atoms with Crippen LogP contribution in [-0.2, 0) is 14.3 Å². The molecule has 23 heavy (non-hydrogen) atoms. The van der Waals surface area contributed by atoms with Crippen molar-refractivity contribution in [3.63, 3.8) is 0 Å². The van der Waals surface area contributed by atoms with Crippen LogP contribution in [0.3, 0.4) is 0 Å². The van der Waals surface area contributed by atoms with Crippen LogP contribution in [0, 0.1) is 0 Å². The predicted molar refractivity (Wildman–Crippen MR) is 93.1 cm³/mol. The summed E-state index contributed by atoms with van der Waals surface area (Å²) in [6.45, 7) is 8.83. The van der Waals surface area contributed by atoms with Gasteiger partial charge in [0.05, 0.1) is 24.8 Å². The van der Waals surface area contributed by atoms with Gasteiger partial charge in [0.2, 0.25) is 11.8 Å². The van der Waals surface area contributed by atoms with Crippen LogP contribution in [0.4, 0.5) is 0 Å². The molecule has 1 unspecified atom stereocenters. The van der Waals surface area contributed by atoms with Gasteiger partial charge >= 0.3 is 0 Å². The van der Waals surface area contributed by atoms with E-state index in [1.54, 1.807) is 13.8 Å². The monoisotopic (exact) mass is 370 g/mol. The van der Waals surface area contributed by atoms with Gasteiger partial charge in [0, 0.05) is 39.1 Å². The highest BCUT2D eigenvalue weighted by Crippen LogP contribution is 2.12. The maximum absolute atomic E-state index is 12.0. The van der Waals surface area contributed by atoms with Crippen molar-refractivity contribution in [3.8, 4) is 0 Å². The molecule has 2 aliphatic rings. The standard InChI is InChI=1S/C14H26N4O3.2ClH/c1-14(2,15)13(20)16-11-9-12(19)18(10-11)4-3-17-5-7-21-8-6-17;;/h11H,3-10,15H2,1-2H3,(H,16,20);2*1H. The van der Waals surface area contributed by atoms with Gasteiger partial charge in [-0.05, 0) is 13.8 Å². The number of nitrogens with zero attached hydrogens (tertiary/aromatic N) is 2. The fraction of sp³-hybridized carbons (Fsp3) is 0.857. The van der Waals surface area contributed by atoms with Crippen molar-refractivity contribution in [2.45, 2.75) is 31.8 Å². The van der Waals surface area contributed by atoms with Gasteiger partial charge in [-0.3, -0.25) is 14.5 Å². The highest BCUT2D eigenvalue weighted by atomic mass is 35.5. The van der Waals surface area contributed by atoms with Gasteiger partial charge in [0.1, 0.15) is 0 Å². The smallest absolute Gasteiger partial charge is 0.239 e. The van der Waals surface area contributed by atoms with Crippen LogP contribution < -0.4 is 11.1 Å². The van der Waals surface area contributed by atoms with Crippen LogP contribution in [0.5, 0.6) is 0 Å². The molecule has 2 fully saturated rings. The summed E-state index contributed by atoms with van der Waals surface area (Å²) in [5, 5.41) is 2.86. The largest absolute Gasteiger partial charge is 0.379 e. The lowest BCUT2D eigenvalue weighted by Gasteiger charge is -2.28. The van der Waals surface area contributed by atoms with E-state index in [2.05, 4.69) is 10.2 Å². The van der Waals surface area contributed by atoms with Gasteiger partial charge in [-0.15, -0.1) is 24.8 Å². The summed E-state index contributed by atoms with van der Waals surface area (Å²) >= 11 is 0. The second-order valence-corrected chi connectivity index (χ2v) is 6.39. The molecule has 0 aromatic heterocycles.